The van der Waals surface area contributed by atoms with Gasteiger partial charge in [0.25, 0.3) is 11.5 Å². The van der Waals surface area contributed by atoms with Gasteiger partial charge < -0.3 is 10.2 Å². The summed E-state index contributed by atoms with van der Waals surface area (Å²) in [6, 6.07) is 0. The number of hydrogen-bond donors (Lipinski definition) is 1. The van der Waals surface area contributed by atoms with Gasteiger partial charge in [-0.2, -0.15) is 0 Å². The fourth-order valence-electron chi connectivity index (χ4n) is 2.11. The van der Waals surface area contributed by atoms with E-state index in [0.29, 0.717) is 24.6 Å². The fourth-order valence-corrected chi connectivity index (χ4v) is 2.79. The van der Waals surface area contributed by atoms with Gasteiger partial charge in [0.1, 0.15) is 5.56 Å². The Labute approximate surface area is 117 Å². The van der Waals surface area contributed by atoms with E-state index < -0.39 is 0 Å². The molecule has 1 fully saturated rings. The summed E-state index contributed by atoms with van der Waals surface area (Å²) >= 11 is 1.33. The number of amides is 2. The second kappa shape index (κ2) is 5.04. The van der Waals surface area contributed by atoms with Crippen molar-refractivity contribution in [2.45, 2.75) is 6.42 Å². The van der Waals surface area contributed by atoms with Crippen LogP contribution in [0.25, 0.3) is 4.96 Å². The van der Waals surface area contributed by atoms with Crippen molar-refractivity contribution in [1.29, 1.82) is 0 Å². The molecule has 1 N–H and O–H groups in total. The van der Waals surface area contributed by atoms with Crippen LogP contribution >= 0.6 is 11.3 Å². The summed E-state index contributed by atoms with van der Waals surface area (Å²) < 4.78 is 1.36. The number of fused-ring (bicyclic) bond motifs is 1. The van der Waals surface area contributed by atoms with Crippen LogP contribution in [-0.4, -0.2) is 45.7 Å². The molecule has 3 heterocycles. The lowest BCUT2D eigenvalue weighted by Crippen LogP contribution is -2.37. The first-order valence-electron chi connectivity index (χ1n) is 6.17. The summed E-state index contributed by atoms with van der Waals surface area (Å²) in [6.07, 6.45) is 3.16. The van der Waals surface area contributed by atoms with Crippen molar-refractivity contribution in [3.63, 3.8) is 0 Å². The zero-order valence-corrected chi connectivity index (χ0v) is 11.4. The van der Waals surface area contributed by atoms with Crippen molar-refractivity contribution in [3.05, 3.63) is 33.7 Å². The highest BCUT2D eigenvalue weighted by atomic mass is 32.1. The molecule has 0 radical (unpaired) electrons. The normalized spacial score (nSPS) is 16.0. The molecule has 20 heavy (non-hydrogen) atoms. The topological polar surface area (TPSA) is 83.8 Å². The highest BCUT2D eigenvalue weighted by molar-refractivity contribution is 7.15. The van der Waals surface area contributed by atoms with Crippen molar-refractivity contribution < 1.29 is 9.59 Å². The molecular weight excluding hydrogens is 280 g/mol. The standard InChI is InChI=1S/C12H12N4O3S/c17-9-1-3-15(4-2-13-9)10(18)8-7-14-12-16(11(8)19)5-6-20-12/h5-7H,1-4H2,(H,13,17). The molecule has 7 nitrogen and oxygen atoms in total. The monoisotopic (exact) mass is 292 g/mol. The van der Waals surface area contributed by atoms with Crippen LogP contribution in [0.1, 0.15) is 16.8 Å². The summed E-state index contributed by atoms with van der Waals surface area (Å²) in [5, 5.41) is 4.43. The lowest BCUT2D eigenvalue weighted by Gasteiger charge is -2.18. The van der Waals surface area contributed by atoms with Gasteiger partial charge in [0.2, 0.25) is 5.91 Å². The van der Waals surface area contributed by atoms with E-state index in [0.717, 1.165) is 0 Å². The first kappa shape index (κ1) is 12.8. The number of rotatable bonds is 1. The first-order chi connectivity index (χ1) is 9.66. The quantitative estimate of drug-likeness (QED) is 0.783. The predicted molar refractivity (Wildman–Crippen MR) is 72.9 cm³/mol. The van der Waals surface area contributed by atoms with Crippen LogP contribution in [0.4, 0.5) is 0 Å². The van der Waals surface area contributed by atoms with E-state index in [9.17, 15) is 14.4 Å². The molecule has 2 aromatic rings. The maximum atomic E-state index is 12.4. The number of carbonyl (C=O) groups excluding carboxylic acids is 2. The molecule has 2 amide bonds. The summed E-state index contributed by atoms with van der Waals surface area (Å²) in [6.45, 7) is 1.12. The average Bonchev–Trinajstić information content (AvgIpc) is 2.82. The number of hydrogen-bond acceptors (Lipinski definition) is 5. The van der Waals surface area contributed by atoms with Gasteiger partial charge in [0.15, 0.2) is 4.96 Å². The van der Waals surface area contributed by atoms with Crippen LogP contribution in [0.15, 0.2) is 22.6 Å². The van der Waals surface area contributed by atoms with Crippen LogP contribution in [0.2, 0.25) is 0 Å². The summed E-state index contributed by atoms with van der Waals surface area (Å²) in [7, 11) is 0. The van der Waals surface area contributed by atoms with Crippen LogP contribution in [0.5, 0.6) is 0 Å². The third-order valence-corrected chi connectivity index (χ3v) is 3.94. The zero-order chi connectivity index (χ0) is 14.1. The molecule has 0 spiro atoms. The minimum absolute atomic E-state index is 0.0373. The highest BCUT2D eigenvalue weighted by Crippen LogP contribution is 2.08. The van der Waals surface area contributed by atoms with Crippen molar-refractivity contribution in [2.24, 2.45) is 0 Å². The Balaban J connectivity index is 1.93. The molecule has 0 atom stereocenters. The predicted octanol–water partition coefficient (Wildman–Crippen LogP) is -0.282. The van der Waals surface area contributed by atoms with E-state index in [-0.39, 0.29) is 29.4 Å². The Morgan fingerprint density at radius 2 is 2.20 bits per heavy atom. The van der Waals surface area contributed by atoms with Crippen molar-refractivity contribution in [2.75, 3.05) is 19.6 Å². The Bertz CT molecular complexity index is 736. The second-order valence-electron chi connectivity index (χ2n) is 4.42. The first-order valence-corrected chi connectivity index (χ1v) is 7.05. The van der Waals surface area contributed by atoms with Crippen LogP contribution in [-0.2, 0) is 4.79 Å². The van der Waals surface area contributed by atoms with E-state index in [1.807, 2.05) is 0 Å². The molecule has 8 heteroatoms. The number of carbonyl (C=O) groups is 2. The van der Waals surface area contributed by atoms with Gasteiger partial charge in [0.05, 0.1) is 0 Å². The number of nitrogens with zero attached hydrogens (tertiary/aromatic N) is 3. The largest absolute Gasteiger partial charge is 0.354 e. The molecule has 1 aliphatic heterocycles. The van der Waals surface area contributed by atoms with Gasteiger partial charge in [0, 0.05) is 43.8 Å². The molecule has 1 aliphatic rings. The van der Waals surface area contributed by atoms with Gasteiger partial charge in [-0.3, -0.25) is 18.8 Å². The lowest BCUT2D eigenvalue weighted by atomic mass is 10.2. The van der Waals surface area contributed by atoms with Gasteiger partial charge in [-0.05, 0) is 0 Å². The molecule has 0 unspecified atom stereocenters. The Morgan fingerprint density at radius 3 is 3.05 bits per heavy atom. The van der Waals surface area contributed by atoms with Gasteiger partial charge >= 0.3 is 0 Å². The molecular formula is C12H12N4O3S. The smallest absolute Gasteiger partial charge is 0.271 e. The Kier molecular flexibility index (Phi) is 3.23. The number of aromatic nitrogens is 2. The van der Waals surface area contributed by atoms with Gasteiger partial charge in [-0.15, -0.1) is 11.3 Å². The summed E-state index contributed by atoms with van der Waals surface area (Å²) in [5.41, 5.74) is -0.333. The van der Waals surface area contributed by atoms with E-state index in [1.54, 1.807) is 11.6 Å². The number of thiazole rings is 1. The van der Waals surface area contributed by atoms with Gasteiger partial charge in [-0.1, -0.05) is 0 Å². The fraction of sp³-hybridized carbons (Fsp3) is 0.333. The van der Waals surface area contributed by atoms with E-state index in [4.69, 9.17) is 0 Å². The van der Waals surface area contributed by atoms with Crippen LogP contribution in [0, 0.1) is 0 Å². The maximum Gasteiger partial charge on any atom is 0.271 e. The third kappa shape index (κ3) is 2.18. The SMILES string of the molecule is O=C1CCN(C(=O)c2cnc3sccn3c2=O)CCN1. The van der Waals surface area contributed by atoms with E-state index >= 15 is 0 Å². The maximum absolute atomic E-state index is 12.4. The minimum Gasteiger partial charge on any atom is -0.354 e. The lowest BCUT2D eigenvalue weighted by molar-refractivity contribution is -0.120. The molecule has 0 aromatic carbocycles. The summed E-state index contributed by atoms with van der Waals surface area (Å²) in [5.74, 6) is -0.456. The molecule has 0 aliphatic carbocycles. The third-order valence-electron chi connectivity index (χ3n) is 3.17. The molecule has 104 valence electrons. The van der Waals surface area contributed by atoms with Crippen molar-refractivity contribution in [1.82, 2.24) is 19.6 Å². The van der Waals surface area contributed by atoms with Crippen molar-refractivity contribution in [3.8, 4) is 0 Å². The van der Waals surface area contributed by atoms with Crippen molar-refractivity contribution >= 4 is 28.1 Å². The molecule has 0 bridgehead atoms. The van der Waals surface area contributed by atoms with Crippen LogP contribution in [0.3, 0.4) is 0 Å². The molecule has 2 aromatic heterocycles. The van der Waals surface area contributed by atoms with E-state index in [2.05, 4.69) is 10.3 Å². The zero-order valence-electron chi connectivity index (χ0n) is 10.5. The molecule has 3 rings (SSSR count). The number of nitrogens with one attached hydrogen (secondary N) is 1. The molecule has 1 saturated heterocycles. The molecule has 0 saturated carbocycles. The minimum atomic E-state index is -0.375. The van der Waals surface area contributed by atoms with Gasteiger partial charge in [-0.25, -0.2) is 4.98 Å². The Morgan fingerprint density at radius 1 is 1.35 bits per heavy atom. The summed E-state index contributed by atoms with van der Waals surface area (Å²) in [4.78, 5) is 42.0. The Hall–Kier alpha value is -2.22. The highest BCUT2D eigenvalue weighted by Gasteiger charge is 2.22. The average molecular weight is 292 g/mol. The van der Waals surface area contributed by atoms with E-state index in [1.165, 1.54) is 26.8 Å². The second-order valence-corrected chi connectivity index (χ2v) is 5.30. The van der Waals surface area contributed by atoms with Crippen LogP contribution < -0.4 is 10.9 Å².